The Morgan fingerprint density at radius 1 is 0.750 bits per heavy atom. The minimum Gasteiger partial charge on any atom is -0.301 e. The van der Waals surface area contributed by atoms with Gasteiger partial charge in [0.1, 0.15) is 4.83 Å². The summed E-state index contributed by atoms with van der Waals surface area (Å²) in [5, 5.41) is 1.22. The van der Waals surface area contributed by atoms with E-state index in [2.05, 4.69) is 4.57 Å². The molecular weight excluding hydrogens is 366 g/mol. The molecule has 0 unspecified atom stereocenters. The van der Waals surface area contributed by atoms with E-state index in [-0.39, 0.29) is 11.2 Å². The van der Waals surface area contributed by atoms with E-state index in [4.69, 9.17) is 0 Å². The molecule has 0 saturated carbocycles. The summed E-state index contributed by atoms with van der Waals surface area (Å²) in [6.45, 7) is 0. The zero-order valence-corrected chi connectivity index (χ0v) is 15.6. The van der Waals surface area contributed by atoms with Crippen LogP contribution in [-0.4, -0.2) is 10.4 Å². The van der Waals surface area contributed by atoms with Gasteiger partial charge in [-0.05, 0) is 30.3 Å². The van der Waals surface area contributed by atoms with Crippen LogP contribution in [0.4, 0.5) is 0 Å². The lowest BCUT2D eigenvalue weighted by Gasteiger charge is -2.12. The van der Waals surface area contributed by atoms with Crippen molar-refractivity contribution >= 4 is 38.2 Å². The van der Waals surface area contributed by atoms with Gasteiger partial charge in [-0.25, -0.2) is 0 Å². The Morgan fingerprint density at radius 3 is 2.14 bits per heavy atom. The predicted molar refractivity (Wildman–Crippen MR) is 115 cm³/mol. The van der Waals surface area contributed by atoms with Crippen molar-refractivity contribution < 1.29 is 4.79 Å². The highest BCUT2D eigenvalue weighted by atomic mass is 32.1. The fraction of sp³-hybridized carbons (Fsp3) is 0. The highest BCUT2D eigenvalue weighted by Gasteiger charge is 2.19. The van der Waals surface area contributed by atoms with Crippen LogP contribution in [0.25, 0.3) is 26.8 Å². The maximum Gasteiger partial charge on any atom is 0.203 e. The Hall–Kier alpha value is -3.50. The number of para-hydroxylation sites is 2. The molecule has 0 aliphatic carbocycles. The number of hydrogen-bond donors (Lipinski definition) is 0. The van der Waals surface area contributed by atoms with Gasteiger partial charge in [0.05, 0.1) is 15.8 Å². The molecule has 28 heavy (non-hydrogen) atoms. The van der Waals surface area contributed by atoms with E-state index in [0.717, 1.165) is 16.0 Å². The summed E-state index contributed by atoms with van der Waals surface area (Å²) in [7, 11) is 0. The second-order valence-corrected chi connectivity index (χ2v) is 7.57. The number of ketones is 1. The molecule has 0 saturated heterocycles. The molecule has 0 bridgehead atoms. The average molecular weight is 381 g/mol. The van der Waals surface area contributed by atoms with Crippen LogP contribution in [0.15, 0.2) is 95.8 Å². The van der Waals surface area contributed by atoms with E-state index in [0.29, 0.717) is 21.2 Å². The first-order valence-corrected chi connectivity index (χ1v) is 9.78. The van der Waals surface area contributed by atoms with Crippen molar-refractivity contribution in [2.45, 2.75) is 0 Å². The first-order valence-electron chi connectivity index (χ1n) is 8.96. The van der Waals surface area contributed by atoms with Crippen LogP contribution in [0.2, 0.25) is 0 Å². The third-order valence-electron chi connectivity index (χ3n) is 4.82. The average Bonchev–Trinajstić information content (AvgIpc) is 3.20. The Labute approximate surface area is 165 Å². The van der Waals surface area contributed by atoms with Gasteiger partial charge in [-0.15, -0.1) is 11.3 Å². The van der Waals surface area contributed by atoms with Crippen LogP contribution in [0, 0.1) is 0 Å². The number of carbonyl (C=O) groups excluding carboxylic acids is 1. The van der Waals surface area contributed by atoms with Crippen molar-refractivity contribution in [2.24, 2.45) is 0 Å². The molecule has 0 radical (unpaired) electrons. The van der Waals surface area contributed by atoms with Gasteiger partial charge in [0.15, 0.2) is 5.43 Å². The van der Waals surface area contributed by atoms with Gasteiger partial charge in [-0.2, -0.15) is 0 Å². The van der Waals surface area contributed by atoms with Crippen molar-refractivity contribution in [3.8, 4) is 5.69 Å². The molecule has 3 aromatic carbocycles. The summed E-state index contributed by atoms with van der Waals surface area (Å²) in [5.41, 5.74) is 2.38. The van der Waals surface area contributed by atoms with Crippen LogP contribution in [0.1, 0.15) is 15.2 Å². The van der Waals surface area contributed by atoms with E-state index in [1.54, 1.807) is 18.2 Å². The molecule has 5 rings (SSSR count). The monoisotopic (exact) mass is 381 g/mol. The first-order chi connectivity index (χ1) is 13.7. The zero-order chi connectivity index (χ0) is 19.1. The standard InChI is InChI=1S/C24H15NO2S/c26-22(16-9-3-1-4-10-16)21-15-19-23(27)18-13-7-8-14-20(18)25(24(19)28-21)17-11-5-2-6-12-17/h1-15H. The molecule has 5 aromatic rings. The molecule has 0 amide bonds. The van der Waals surface area contributed by atoms with Gasteiger partial charge in [0.25, 0.3) is 0 Å². The molecule has 2 heterocycles. The van der Waals surface area contributed by atoms with E-state index in [1.807, 2.05) is 72.8 Å². The van der Waals surface area contributed by atoms with Crippen molar-refractivity contribution in [1.29, 1.82) is 0 Å². The zero-order valence-electron chi connectivity index (χ0n) is 14.8. The third-order valence-corrected chi connectivity index (χ3v) is 5.94. The fourth-order valence-electron chi connectivity index (χ4n) is 3.50. The molecule has 0 fully saturated rings. The summed E-state index contributed by atoms with van der Waals surface area (Å²) in [5.74, 6) is -0.0649. The van der Waals surface area contributed by atoms with Gasteiger partial charge in [0, 0.05) is 16.6 Å². The second kappa shape index (κ2) is 6.59. The number of fused-ring (bicyclic) bond motifs is 2. The van der Waals surface area contributed by atoms with E-state index < -0.39 is 0 Å². The summed E-state index contributed by atoms with van der Waals surface area (Å²) in [6, 6.07) is 28.4. The lowest BCUT2D eigenvalue weighted by atomic mass is 10.1. The van der Waals surface area contributed by atoms with Crippen molar-refractivity contribution in [1.82, 2.24) is 4.57 Å². The van der Waals surface area contributed by atoms with Crippen LogP contribution >= 0.6 is 11.3 Å². The highest BCUT2D eigenvalue weighted by Crippen LogP contribution is 2.31. The molecule has 0 atom stereocenters. The Bertz CT molecular complexity index is 1380. The van der Waals surface area contributed by atoms with Crippen LogP contribution < -0.4 is 5.43 Å². The normalized spacial score (nSPS) is 11.1. The van der Waals surface area contributed by atoms with Gasteiger partial charge >= 0.3 is 0 Å². The van der Waals surface area contributed by atoms with E-state index in [1.165, 1.54) is 11.3 Å². The Balaban J connectivity index is 1.86. The second-order valence-electron chi connectivity index (χ2n) is 6.54. The highest BCUT2D eigenvalue weighted by molar-refractivity contribution is 7.20. The number of aromatic nitrogens is 1. The van der Waals surface area contributed by atoms with Crippen molar-refractivity contribution in [3.05, 3.63) is 112 Å². The topological polar surface area (TPSA) is 39.1 Å². The number of nitrogens with zero attached hydrogens (tertiary/aromatic N) is 1. The summed E-state index contributed by atoms with van der Waals surface area (Å²) in [4.78, 5) is 27.4. The minimum absolute atomic E-state index is 0.0406. The van der Waals surface area contributed by atoms with Crippen LogP contribution in [0.5, 0.6) is 0 Å². The summed E-state index contributed by atoms with van der Waals surface area (Å²) >= 11 is 1.36. The van der Waals surface area contributed by atoms with Gasteiger partial charge < -0.3 is 4.57 Å². The maximum atomic E-state index is 13.1. The molecule has 0 aliphatic rings. The van der Waals surface area contributed by atoms with Gasteiger partial charge in [0.2, 0.25) is 5.78 Å². The SMILES string of the molecule is O=C(c1ccccc1)c1cc2c(=O)c3ccccc3n(-c3ccccc3)c2s1. The lowest BCUT2D eigenvalue weighted by Crippen LogP contribution is -2.08. The summed E-state index contributed by atoms with van der Waals surface area (Å²) < 4.78 is 2.07. The quantitative estimate of drug-likeness (QED) is 0.391. The molecule has 0 N–H and O–H groups in total. The van der Waals surface area contributed by atoms with Gasteiger partial charge in [-0.3, -0.25) is 9.59 Å². The van der Waals surface area contributed by atoms with E-state index in [9.17, 15) is 9.59 Å². The minimum atomic E-state index is -0.0649. The van der Waals surface area contributed by atoms with E-state index >= 15 is 0 Å². The van der Waals surface area contributed by atoms with Crippen molar-refractivity contribution in [3.63, 3.8) is 0 Å². The number of rotatable bonds is 3. The number of carbonyl (C=O) groups is 1. The lowest BCUT2D eigenvalue weighted by molar-refractivity contribution is 0.104. The summed E-state index contributed by atoms with van der Waals surface area (Å²) in [6.07, 6.45) is 0. The molecule has 134 valence electrons. The smallest absolute Gasteiger partial charge is 0.203 e. The number of hydrogen-bond acceptors (Lipinski definition) is 3. The molecule has 0 aliphatic heterocycles. The maximum absolute atomic E-state index is 13.1. The molecule has 0 spiro atoms. The first kappa shape index (κ1) is 16.7. The van der Waals surface area contributed by atoms with Gasteiger partial charge in [-0.1, -0.05) is 60.7 Å². The molecule has 4 heteroatoms. The molecular formula is C24H15NO2S. The molecule has 2 aromatic heterocycles. The fourth-order valence-corrected chi connectivity index (χ4v) is 4.65. The largest absolute Gasteiger partial charge is 0.301 e. The third kappa shape index (κ3) is 2.58. The Morgan fingerprint density at radius 2 is 1.39 bits per heavy atom. The predicted octanol–water partition coefficient (Wildman–Crippen LogP) is 5.44. The molecule has 3 nitrogen and oxygen atoms in total. The number of benzene rings is 3. The number of pyridine rings is 1. The van der Waals surface area contributed by atoms with Crippen LogP contribution in [-0.2, 0) is 0 Å². The van der Waals surface area contributed by atoms with Crippen LogP contribution in [0.3, 0.4) is 0 Å². The van der Waals surface area contributed by atoms with Crippen molar-refractivity contribution in [2.75, 3.05) is 0 Å². The Kier molecular flexibility index (Phi) is 3.92. The number of thiophene rings is 1.